The van der Waals surface area contributed by atoms with Gasteiger partial charge in [0.2, 0.25) is 21.8 Å². The highest BCUT2D eigenvalue weighted by Gasteiger charge is 2.33. The largest absolute Gasteiger partial charge is 0.352 e. The molecule has 1 unspecified atom stereocenters. The van der Waals surface area contributed by atoms with Crippen LogP contribution in [-0.4, -0.2) is 50.0 Å². The molecule has 1 atom stereocenters. The van der Waals surface area contributed by atoms with E-state index in [1.807, 2.05) is 38.1 Å². The van der Waals surface area contributed by atoms with Crippen molar-refractivity contribution in [3.05, 3.63) is 64.2 Å². The van der Waals surface area contributed by atoms with E-state index in [1.165, 1.54) is 4.90 Å². The second-order valence-corrected chi connectivity index (χ2v) is 12.0. The first-order valence-corrected chi connectivity index (χ1v) is 14.6. The molecule has 2 amide bonds. The molecule has 1 saturated carbocycles. The Morgan fingerprint density at radius 2 is 1.81 bits per heavy atom. The molecule has 1 aliphatic rings. The third-order valence-corrected chi connectivity index (χ3v) is 7.99. The maximum atomic E-state index is 13.8. The van der Waals surface area contributed by atoms with Crippen LogP contribution in [0, 0.1) is 13.8 Å². The van der Waals surface area contributed by atoms with Crippen LogP contribution in [0.2, 0.25) is 5.02 Å². The third kappa shape index (κ3) is 7.23. The molecule has 1 fully saturated rings. The van der Waals surface area contributed by atoms with Gasteiger partial charge in [-0.05, 0) is 62.4 Å². The van der Waals surface area contributed by atoms with E-state index in [-0.39, 0.29) is 18.5 Å². The summed E-state index contributed by atoms with van der Waals surface area (Å²) in [6.45, 7) is 5.37. The molecule has 1 aliphatic carbocycles. The molecular formula is C27H36ClN3O4S. The van der Waals surface area contributed by atoms with Crippen molar-refractivity contribution in [3.8, 4) is 0 Å². The molecule has 2 aromatic carbocycles. The van der Waals surface area contributed by atoms with Crippen LogP contribution in [0.25, 0.3) is 0 Å². The molecule has 0 saturated heterocycles. The van der Waals surface area contributed by atoms with Gasteiger partial charge in [-0.3, -0.25) is 13.9 Å². The zero-order chi connectivity index (χ0) is 26.5. The summed E-state index contributed by atoms with van der Waals surface area (Å²) in [5.41, 5.74) is 2.94. The Labute approximate surface area is 219 Å². The smallest absolute Gasteiger partial charge is 0.244 e. The minimum absolute atomic E-state index is 0.117. The number of anilines is 1. The summed E-state index contributed by atoms with van der Waals surface area (Å²) in [6, 6.07) is 12.0. The summed E-state index contributed by atoms with van der Waals surface area (Å²) in [7, 11) is -3.79. The molecule has 3 rings (SSSR count). The van der Waals surface area contributed by atoms with E-state index in [1.54, 1.807) is 25.1 Å². The van der Waals surface area contributed by atoms with Crippen molar-refractivity contribution in [1.29, 1.82) is 0 Å². The van der Waals surface area contributed by atoms with Gasteiger partial charge in [0.05, 0.1) is 11.9 Å². The highest BCUT2D eigenvalue weighted by Crippen LogP contribution is 2.26. The standard InChI is InChI=1S/C27H36ClN3O4S/c1-5-24(27(33)29-23-11-6-7-12-23)30(17-21-10-8-9-19(2)15-21)26(32)18-31(36(4,34)35)25-14-13-22(28)16-20(25)3/h8-10,13-16,23-24H,5-7,11-12,17-18H2,1-4H3,(H,29,33). The topological polar surface area (TPSA) is 86.8 Å². The molecule has 0 spiro atoms. The Morgan fingerprint density at radius 1 is 1.11 bits per heavy atom. The number of hydrogen-bond donors (Lipinski definition) is 1. The summed E-state index contributed by atoms with van der Waals surface area (Å²) in [5.74, 6) is -0.635. The summed E-state index contributed by atoms with van der Waals surface area (Å²) < 4.78 is 26.6. The van der Waals surface area contributed by atoms with E-state index in [9.17, 15) is 18.0 Å². The SMILES string of the molecule is CCC(C(=O)NC1CCCC1)N(Cc1cccc(C)c1)C(=O)CN(c1ccc(Cl)cc1C)S(C)(=O)=O. The number of benzene rings is 2. The van der Waals surface area contributed by atoms with Crippen molar-refractivity contribution in [2.75, 3.05) is 17.1 Å². The summed E-state index contributed by atoms with van der Waals surface area (Å²) in [6.07, 6.45) is 5.52. The van der Waals surface area contributed by atoms with Gasteiger partial charge in [-0.1, -0.05) is 61.2 Å². The van der Waals surface area contributed by atoms with Crippen LogP contribution < -0.4 is 9.62 Å². The molecule has 9 heteroatoms. The quantitative estimate of drug-likeness (QED) is 0.484. The van der Waals surface area contributed by atoms with Crippen molar-refractivity contribution in [2.45, 2.75) is 71.5 Å². The van der Waals surface area contributed by atoms with Gasteiger partial charge in [0.25, 0.3) is 0 Å². The van der Waals surface area contributed by atoms with Crippen LogP contribution in [-0.2, 0) is 26.2 Å². The molecule has 1 N–H and O–H groups in total. The molecule has 0 aromatic heterocycles. The number of amides is 2. The fraction of sp³-hybridized carbons (Fsp3) is 0.481. The predicted octanol–water partition coefficient (Wildman–Crippen LogP) is 4.59. The molecule has 7 nitrogen and oxygen atoms in total. The number of rotatable bonds is 10. The monoisotopic (exact) mass is 533 g/mol. The fourth-order valence-electron chi connectivity index (χ4n) is 4.79. The Morgan fingerprint density at radius 3 is 2.39 bits per heavy atom. The highest BCUT2D eigenvalue weighted by atomic mass is 35.5. The van der Waals surface area contributed by atoms with E-state index in [4.69, 9.17) is 11.6 Å². The van der Waals surface area contributed by atoms with Crippen LogP contribution in [0.1, 0.15) is 55.7 Å². The van der Waals surface area contributed by atoms with Crippen molar-refractivity contribution >= 4 is 39.1 Å². The highest BCUT2D eigenvalue weighted by molar-refractivity contribution is 7.92. The first-order chi connectivity index (χ1) is 17.0. The van der Waals surface area contributed by atoms with Gasteiger partial charge in [0.1, 0.15) is 12.6 Å². The Bertz CT molecular complexity index is 1200. The van der Waals surface area contributed by atoms with E-state index in [0.717, 1.165) is 47.4 Å². The zero-order valence-electron chi connectivity index (χ0n) is 21.5. The van der Waals surface area contributed by atoms with Crippen LogP contribution in [0.4, 0.5) is 5.69 Å². The second-order valence-electron chi connectivity index (χ2n) is 9.63. The lowest BCUT2D eigenvalue weighted by atomic mass is 10.1. The normalized spacial score (nSPS) is 14.9. The number of nitrogens with one attached hydrogen (secondary N) is 1. The molecule has 0 radical (unpaired) electrons. The fourth-order valence-corrected chi connectivity index (χ4v) is 5.92. The molecule has 36 heavy (non-hydrogen) atoms. The van der Waals surface area contributed by atoms with Gasteiger partial charge >= 0.3 is 0 Å². The lowest BCUT2D eigenvalue weighted by Gasteiger charge is -2.33. The first kappa shape index (κ1) is 28.0. The van der Waals surface area contributed by atoms with Crippen LogP contribution in [0.5, 0.6) is 0 Å². The third-order valence-electron chi connectivity index (χ3n) is 6.63. The number of sulfonamides is 1. The van der Waals surface area contributed by atoms with Crippen molar-refractivity contribution in [3.63, 3.8) is 0 Å². The molecule has 0 heterocycles. The number of halogens is 1. The van der Waals surface area contributed by atoms with Gasteiger partial charge < -0.3 is 10.2 Å². The summed E-state index contributed by atoms with van der Waals surface area (Å²) in [4.78, 5) is 28.6. The molecule has 0 aliphatic heterocycles. The number of aryl methyl sites for hydroxylation is 2. The second kappa shape index (κ2) is 12.1. The Balaban J connectivity index is 1.94. The number of carbonyl (C=O) groups is 2. The van der Waals surface area contributed by atoms with E-state index < -0.39 is 28.5 Å². The maximum absolute atomic E-state index is 13.8. The number of carbonyl (C=O) groups excluding carboxylic acids is 2. The predicted molar refractivity (Wildman–Crippen MR) is 145 cm³/mol. The average Bonchev–Trinajstić information content (AvgIpc) is 3.30. The lowest BCUT2D eigenvalue weighted by molar-refractivity contribution is -0.140. The van der Waals surface area contributed by atoms with Crippen molar-refractivity contribution < 1.29 is 18.0 Å². The Hall–Kier alpha value is -2.58. The first-order valence-electron chi connectivity index (χ1n) is 12.4. The van der Waals surface area contributed by atoms with E-state index >= 15 is 0 Å². The summed E-state index contributed by atoms with van der Waals surface area (Å²) >= 11 is 6.07. The van der Waals surface area contributed by atoms with E-state index in [0.29, 0.717) is 22.7 Å². The number of nitrogens with zero attached hydrogens (tertiary/aromatic N) is 2. The van der Waals surface area contributed by atoms with Gasteiger partial charge in [-0.15, -0.1) is 0 Å². The molecule has 2 aromatic rings. The van der Waals surface area contributed by atoms with Crippen LogP contribution in [0.3, 0.4) is 0 Å². The molecular weight excluding hydrogens is 498 g/mol. The Kier molecular flexibility index (Phi) is 9.41. The van der Waals surface area contributed by atoms with Gasteiger partial charge in [0, 0.05) is 17.6 Å². The minimum atomic E-state index is -3.79. The van der Waals surface area contributed by atoms with E-state index in [2.05, 4.69) is 5.32 Å². The number of hydrogen-bond acceptors (Lipinski definition) is 4. The van der Waals surface area contributed by atoms with Crippen molar-refractivity contribution in [1.82, 2.24) is 10.2 Å². The average molecular weight is 534 g/mol. The van der Waals surface area contributed by atoms with Crippen LogP contribution >= 0.6 is 11.6 Å². The molecule has 196 valence electrons. The van der Waals surface area contributed by atoms with Crippen molar-refractivity contribution in [2.24, 2.45) is 0 Å². The zero-order valence-corrected chi connectivity index (χ0v) is 23.0. The van der Waals surface area contributed by atoms with Crippen LogP contribution in [0.15, 0.2) is 42.5 Å². The maximum Gasteiger partial charge on any atom is 0.244 e. The van der Waals surface area contributed by atoms with Gasteiger partial charge in [-0.2, -0.15) is 0 Å². The lowest BCUT2D eigenvalue weighted by Crippen LogP contribution is -2.53. The minimum Gasteiger partial charge on any atom is -0.352 e. The van der Waals surface area contributed by atoms with Gasteiger partial charge in [0.15, 0.2) is 0 Å². The van der Waals surface area contributed by atoms with Gasteiger partial charge in [-0.25, -0.2) is 8.42 Å². The summed E-state index contributed by atoms with van der Waals surface area (Å²) in [5, 5.41) is 3.59. The molecule has 0 bridgehead atoms.